The van der Waals surface area contributed by atoms with E-state index in [1.54, 1.807) is 6.07 Å². The summed E-state index contributed by atoms with van der Waals surface area (Å²) in [6.07, 6.45) is -3.22. The number of alkyl halides is 3. The normalized spacial score (nSPS) is 18.3. The summed E-state index contributed by atoms with van der Waals surface area (Å²) in [5, 5.41) is 0. The number of halogens is 3. The van der Waals surface area contributed by atoms with E-state index < -0.39 is 11.9 Å². The standard InChI is InChI=1S/C19H23F3N6O/c1-14-12-17(25-18(24-14)28-8-10-29-11-9-28)27-6-4-26(5-7-27)15-2-3-23-16(13-15)19(20,21)22/h2-3,12-13H,4-11H2,1H3. The van der Waals surface area contributed by atoms with Gasteiger partial charge in [0.2, 0.25) is 5.95 Å². The highest BCUT2D eigenvalue weighted by atomic mass is 19.4. The summed E-state index contributed by atoms with van der Waals surface area (Å²) >= 11 is 0. The van der Waals surface area contributed by atoms with Crippen LogP contribution in [0.1, 0.15) is 11.4 Å². The lowest BCUT2D eigenvalue weighted by Crippen LogP contribution is -2.47. The van der Waals surface area contributed by atoms with Crippen molar-refractivity contribution < 1.29 is 17.9 Å². The largest absolute Gasteiger partial charge is 0.433 e. The third kappa shape index (κ3) is 4.52. The Morgan fingerprint density at radius 1 is 0.897 bits per heavy atom. The molecule has 4 heterocycles. The molecule has 156 valence electrons. The van der Waals surface area contributed by atoms with E-state index in [9.17, 15) is 13.2 Å². The van der Waals surface area contributed by atoms with Crippen LogP contribution in [0.3, 0.4) is 0 Å². The van der Waals surface area contributed by atoms with E-state index in [4.69, 9.17) is 9.72 Å². The zero-order valence-corrected chi connectivity index (χ0v) is 16.2. The number of hydrogen-bond acceptors (Lipinski definition) is 7. The Labute approximate surface area is 167 Å². The molecule has 10 heteroatoms. The van der Waals surface area contributed by atoms with Gasteiger partial charge in [0, 0.05) is 62.9 Å². The minimum Gasteiger partial charge on any atom is -0.378 e. The Morgan fingerprint density at radius 2 is 1.59 bits per heavy atom. The van der Waals surface area contributed by atoms with Gasteiger partial charge in [-0.05, 0) is 19.1 Å². The second-order valence-corrected chi connectivity index (χ2v) is 7.14. The molecule has 29 heavy (non-hydrogen) atoms. The van der Waals surface area contributed by atoms with Crippen LogP contribution in [0.4, 0.5) is 30.6 Å². The Bertz CT molecular complexity index is 848. The number of aryl methyl sites for hydroxylation is 1. The van der Waals surface area contributed by atoms with Crippen molar-refractivity contribution >= 4 is 17.5 Å². The van der Waals surface area contributed by atoms with Crippen molar-refractivity contribution in [3.8, 4) is 0 Å². The first-order valence-corrected chi connectivity index (χ1v) is 9.62. The summed E-state index contributed by atoms with van der Waals surface area (Å²) < 4.78 is 44.2. The molecule has 2 aromatic heterocycles. The van der Waals surface area contributed by atoms with E-state index in [1.165, 1.54) is 6.20 Å². The molecule has 2 saturated heterocycles. The van der Waals surface area contributed by atoms with E-state index in [1.807, 2.05) is 17.9 Å². The summed E-state index contributed by atoms with van der Waals surface area (Å²) in [5.41, 5.74) is 0.571. The number of rotatable bonds is 3. The lowest BCUT2D eigenvalue weighted by molar-refractivity contribution is -0.141. The summed E-state index contributed by atoms with van der Waals surface area (Å²) in [4.78, 5) is 18.9. The molecule has 0 radical (unpaired) electrons. The first-order chi connectivity index (χ1) is 13.9. The molecular formula is C19H23F3N6O. The molecule has 2 fully saturated rings. The maximum Gasteiger partial charge on any atom is 0.433 e. The van der Waals surface area contributed by atoms with Gasteiger partial charge in [0.15, 0.2) is 0 Å². The van der Waals surface area contributed by atoms with E-state index in [2.05, 4.69) is 19.8 Å². The molecule has 0 N–H and O–H groups in total. The molecular weight excluding hydrogens is 385 g/mol. The average molecular weight is 408 g/mol. The predicted molar refractivity (Wildman–Crippen MR) is 103 cm³/mol. The smallest absolute Gasteiger partial charge is 0.378 e. The topological polar surface area (TPSA) is 57.6 Å². The van der Waals surface area contributed by atoms with Gasteiger partial charge in [0.25, 0.3) is 0 Å². The highest BCUT2D eigenvalue weighted by molar-refractivity contribution is 5.51. The maximum atomic E-state index is 12.9. The average Bonchev–Trinajstić information content (AvgIpc) is 2.73. The molecule has 7 nitrogen and oxygen atoms in total. The Kier molecular flexibility index (Phi) is 5.44. The van der Waals surface area contributed by atoms with Gasteiger partial charge >= 0.3 is 6.18 Å². The number of nitrogens with zero attached hydrogens (tertiary/aromatic N) is 6. The minimum atomic E-state index is -4.44. The van der Waals surface area contributed by atoms with Gasteiger partial charge in [0.05, 0.1) is 13.2 Å². The number of morpholine rings is 1. The van der Waals surface area contributed by atoms with Crippen LogP contribution in [0.2, 0.25) is 0 Å². The van der Waals surface area contributed by atoms with E-state index in [0.29, 0.717) is 51.0 Å². The van der Waals surface area contributed by atoms with Crippen LogP contribution in [0.5, 0.6) is 0 Å². The second-order valence-electron chi connectivity index (χ2n) is 7.14. The van der Waals surface area contributed by atoms with Crippen molar-refractivity contribution in [1.82, 2.24) is 15.0 Å². The van der Waals surface area contributed by atoms with Crippen molar-refractivity contribution in [1.29, 1.82) is 0 Å². The van der Waals surface area contributed by atoms with Crippen LogP contribution in [0, 0.1) is 6.92 Å². The van der Waals surface area contributed by atoms with E-state index in [0.717, 1.165) is 30.7 Å². The molecule has 0 aliphatic carbocycles. The van der Waals surface area contributed by atoms with Crippen LogP contribution in [0.15, 0.2) is 24.4 Å². The first-order valence-electron chi connectivity index (χ1n) is 9.62. The molecule has 0 unspecified atom stereocenters. The van der Waals surface area contributed by atoms with Crippen LogP contribution in [-0.4, -0.2) is 67.4 Å². The fourth-order valence-corrected chi connectivity index (χ4v) is 3.57. The zero-order chi connectivity index (χ0) is 20.4. The minimum absolute atomic E-state index is 0.542. The number of anilines is 3. The van der Waals surface area contributed by atoms with Crippen LogP contribution < -0.4 is 14.7 Å². The van der Waals surface area contributed by atoms with Gasteiger partial charge in [-0.2, -0.15) is 18.2 Å². The highest BCUT2D eigenvalue weighted by Gasteiger charge is 2.33. The van der Waals surface area contributed by atoms with Gasteiger partial charge in [-0.15, -0.1) is 0 Å². The summed E-state index contributed by atoms with van der Waals surface area (Å²) in [7, 11) is 0. The Morgan fingerprint density at radius 3 is 2.28 bits per heavy atom. The molecule has 0 aromatic carbocycles. The number of piperazine rings is 1. The zero-order valence-electron chi connectivity index (χ0n) is 16.2. The molecule has 4 rings (SSSR count). The first kappa shape index (κ1) is 19.7. The number of ether oxygens (including phenoxy) is 1. The van der Waals surface area contributed by atoms with Gasteiger partial charge in [-0.1, -0.05) is 0 Å². The maximum absolute atomic E-state index is 12.9. The van der Waals surface area contributed by atoms with Gasteiger partial charge < -0.3 is 19.4 Å². The molecule has 0 saturated carbocycles. The molecule has 0 amide bonds. The highest BCUT2D eigenvalue weighted by Crippen LogP contribution is 2.30. The van der Waals surface area contributed by atoms with Gasteiger partial charge in [-0.25, -0.2) is 4.98 Å². The third-order valence-electron chi connectivity index (χ3n) is 5.13. The monoisotopic (exact) mass is 408 g/mol. The van der Waals surface area contributed by atoms with Crippen molar-refractivity contribution in [3.05, 3.63) is 35.8 Å². The van der Waals surface area contributed by atoms with E-state index in [-0.39, 0.29) is 0 Å². The van der Waals surface area contributed by atoms with Gasteiger partial charge in [0.1, 0.15) is 11.5 Å². The Hall–Kier alpha value is -2.62. The third-order valence-corrected chi connectivity index (χ3v) is 5.13. The van der Waals surface area contributed by atoms with Crippen molar-refractivity contribution in [2.45, 2.75) is 13.1 Å². The van der Waals surface area contributed by atoms with Crippen molar-refractivity contribution in [2.75, 3.05) is 67.2 Å². The molecule has 0 atom stereocenters. The summed E-state index contributed by atoms with van der Waals surface area (Å²) in [6.45, 7) is 7.36. The van der Waals surface area contributed by atoms with Crippen molar-refractivity contribution in [3.63, 3.8) is 0 Å². The Balaban J connectivity index is 1.45. The van der Waals surface area contributed by atoms with E-state index >= 15 is 0 Å². The summed E-state index contributed by atoms with van der Waals surface area (Å²) in [6, 6.07) is 4.69. The molecule has 2 aliphatic rings. The van der Waals surface area contributed by atoms with Crippen LogP contribution in [-0.2, 0) is 10.9 Å². The fourth-order valence-electron chi connectivity index (χ4n) is 3.57. The number of aromatic nitrogens is 3. The number of pyridine rings is 1. The predicted octanol–water partition coefficient (Wildman–Crippen LogP) is 2.36. The molecule has 2 aromatic rings. The SMILES string of the molecule is Cc1cc(N2CCN(c3ccnc(C(F)(F)F)c3)CC2)nc(N2CCOCC2)n1. The second kappa shape index (κ2) is 8.02. The quantitative estimate of drug-likeness (QED) is 0.773. The lowest BCUT2D eigenvalue weighted by Gasteiger charge is -2.37. The van der Waals surface area contributed by atoms with Gasteiger partial charge in [-0.3, -0.25) is 4.98 Å². The number of hydrogen-bond donors (Lipinski definition) is 0. The summed E-state index contributed by atoms with van der Waals surface area (Å²) in [5.74, 6) is 1.55. The molecule has 0 bridgehead atoms. The van der Waals surface area contributed by atoms with Crippen LogP contribution >= 0.6 is 0 Å². The van der Waals surface area contributed by atoms with Crippen molar-refractivity contribution in [2.24, 2.45) is 0 Å². The lowest BCUT2D eigenvalue weighted by atomic mass is 10.2. The molecule has 2 aliphatic heterocycles. The molecule has 0 spiro atoms. The fraction of sp³-hybridized carbons (Fsp3) is 0.526. The van der Waals surface area contributed by atoms with Crippen LogP contribution in [0.25, 0.3) is 0 Å².